The van der Waals surface area contributed by atoms with Crippen molar-refractivity contribution in [1.29, 1.82) is 0 Å². The first kappa shape index (κ1) is 6.06. The lowest BCUT2D eigenvalue weighted by Gasteiger charge is -2.32. The van der Waals surface area contributed by atoms with Crippen LogP contribution in [0.4, 0.5) is 5.82 Å². The Labute approximate surface area is 153 Å². The molecule has 0 radical (unpaired) electrons. The Morgan fingerprint density at radius 1 is 1.36 bits per heavy atom. The van der Waals surface area contributed by atoms with Crippen LogP contribution in [0.2, 0.25) is 0 Å². The van der Waals surface area contributed by atoms with Crippen molar-refractivity contribution in [3.8, 4) is 0 Å². The maximum atomic E-state index is 8.45. The van der Waals surface area contributed by atoms with E-state index in [1.165, 1.54) is 0 Å². The summed E-state index contributed by atoms with van der Waals surface area (Å²) in [6.07, 6.45) is -9.45. The number of nitrogens with zero attached hydrogens (tertiary/aromatic N) is 3. The Morgan fingerprint density at radius 2 is 2.09 bits per heavy atom. The summed E-state index contributed by atoms with van der Waals surface area (Å²) >= 11 is 0. The predicted molar refractivity (Wildman–Crippen MR) is 88.4 cm³/mol. The van der Waals surface area contributed by atoms with Crippen molar-refractivity contribution in [1.82, 2.24) is 9.97 Å². The normalized spacial score (nSPS) is 49.6. The van der Waals surface area contributed by atoms with E-state index in [9.17, 15) is 0 Å². The standard InChI is InChI=1S/C16H26BN3O2/c1-12-7-6-8-20(11-12)14-10-18-13(9-19-14)17-21-15(2,3)16(4,5)22-17/h9-10,12H,6-8,11H2,1-5H3/i1D3,6D2,7D2,8D2,9D,10D,11D2,12D. The second kappa shape index (κ2) is 5.50. The van der Waals surface area contributed by atoms with E-state index >= 15 is 0 Å². The summed E-state index contributed by atoms with van der Waals surface area (Å²) in [5, 5.41) is 0. The molecule has 0 bridgehead atoms. The first-order valence-electron chi connectivity index (χ1n) is 13.7. The van der Waals surface area contributed by atoms with Gasteiger partial charge in [-0.05, 0) is 46.3 Å². The summed E-state index contributed by atoms with van der Waals surface area (Å²) in [5.41, 5.74) is -2.03. The third-order valence-electron chi connectivity index (χ3n) is 3.82. The molecule has 120 valence electrons. The van der Waals surface area contributed by atoms with Gasteiger partial charge in [-0.1, -0.05) is 6.85 Å². The molecule has 1 atom stereocenters. The van der Waals surface area contributed by atoms with E-state index < -0.39 is 75.0 Å². The van der Waals surface area contributed by atoms with Gasteiger partial charge in [0.15, 0.2) is 0 Å². The molecular weight excluding hydrogens is 277 g/mol. The van der Waals surface area contributed by atoms with Crippen molar-refractivity contribution in [2.24, 2.45) is 5.89 Å². The average Bonchev–Trinajstić information content (AvgIpc) is 2.88. The first-order chi connectivity index (χ1) is 15.7. The number of rotatable bonds is 2. The largest absolute Gasteiger partial charge is 0.516 e. The van der Waals surface area contributed by atoms with Crippen LogP contribution >= 0.6 is 0 Å². The minimum absolute atomic E-state index is 0.206. The van der Waals surface area contributed by atoms with Crippen molar-refractivity contribution in [3.05, 3.63) is 12.3 Å². The van der Waals surface area contributed by atoms with Gasteiger partial charge >= 0.3 is 7.12 Å². The van der Waals surface area contributed by atoms with Crippen LogP contribution < -0.4 is 10.5 Å². The van der Waals surface area contributed by atoms with Gasteiger partial charge in [0.2, 0.25) is 0 Å². The van der Waals surface area contributed by atoms with Crippen LogP contribution in [0.15, 0.2) is 12.3 Å². The van der Waals surface area contributed by atoms with Crippen molar-refractivity contribution in [2.75, 3.05) is 17.9 Å². The molecule has 2 saturated heterocycles. The van der Waals surface area contributed by atoms with E-state index in [-0.39, 0.29) is 10.5 Å². The fraction of sp³-hybridized carbons (Fsp3) is 0.750. The fourth-order valence-corrected chi connectivity index (χ4v) is 1.85. The van der Waals surface area contributed by atoms with Crippen molar-refractivity contribution in [2.45, 2.75) is 58.5 Å². The molecule has 6 heteroatoms. The molecule has 5 nitrogen and oxygen atoms in total. The van der Waals surface area contributed by atoms with Gasteiger partial charge in [0, 0.05) is 35.6 Å². The maximum absolute atomic E-state index is 8.45. The van der Waals surface area contributed by atoms with E-state index in [2.05, 4.69) is 9.97 Å². The summed E-state index contributed by atoms with van der Waals surface area (Å²) in [6, 6.07) is 0. The molecule has 0 saturated carbocycles. The summed E-state index contributed by atoms with van der Waals surface area (Å²) in [6.45, 7) is -4.42. The zero-order valence-corrected chi connectivity index (χ0v) is 12.7. The molecule has 0 N–H and O–H groups in total. The Bertz CT molecular complexity index is 1060. The van der Waals surface area contributed by atoms with Crippen molar-refractivity contribution >= 4 is 18.5 Å². The van der Waals surface area contributed by atoms with Gasteiger partial charge in [0.25, 0.3) is 0 Å². The summed E-state index contributed by atoms with van der Waals surface area (Å²) in [7, 11) is -1.28. The van der Waals surface area contributed by atoms with Crippen LogP contribution in [0.3, 0.4) is 0 Å². The number of hydrogen-bond donors (Lipinski definition) is 0. The Morgan fingerprint density at radius 3 is 2.77 bits per heavy atom. The lowest BCUT2D eigenvalue weighted by atomic mass is 9.85. The molecule has 2 aliphatic heterocycles. The van der Waals surface area contributed by atoms with Crippen LogP contribution in [-0.4, -0.2) is 41.3 Å². The second-order valence-electron chi connectivity index (χ2n) is 5.93. The Kier molecular flexibility index (Phi) is 1.51. The highest BCUT2D eigenvalue weighted by atomic mass is 16.7. The second-order valence-corrected chi connectivity index (χ2v) is 5.93. The Balaban J connectivity index is 2.26. The van der Waals surface area contributed by atoms with E-state index in [0.29, 0.717) is 0 Å². The van der Waals surface area contributed by atoms with Crippen LogP contribution in [0.5, 0.6) is 0 Å². The Hall–Kier alpha value is -1.14. The smallest absolute Gasteiger partial charge is 0.398 e. The van der Waals surface area contributed by atoms with Crippen molar-refractivity contribution in [3.63, 3.8) is 0 Å². The van der Waals surface area contributed by atoms with E-state index in [0.717, 1.165) is 0 Å². The summed E-state index contributed by atoms with van der Waals surface area (Å²) < 4.78 is 126. The highest BCUT2D eigenvalue weighted by Crippen LogP contribution is 2.36. The number of hydrogen-bond acceptors (Lipinski definition) is 5. The molecule has 22 heavy (non-hydrogen) atoms. The van der Waals surface area contributed by atoms with Gasteiger partial charge in [0.05, 0.1) is 25.7 Å². The molecule has 0 aromatic carbocycles. The molecular formula is C16H26BN3O2. The highest BCUT2D eigenvalue weighted by Gasteiger charge is 2.52. The van der Waals surface area contributed by atoms with Gasteiger partial charge in [-0.15, -0.1) is 0 Å². The molecule has 2 fully saturated rings. The van der Waals surface area contributed by atoms with Gasteiger partial charge < -0.3 is 14.2 Å². The molecule has 0 spiro atoms. The van der Waals surface area contributed by atoms with Gasteiger partial charge in [-0.3, -0.25) is 4.98 Å². The minimum atomic E-state index is -3.90. The van der Waals surface area contributed by atoms with Crippen LogP contribution in [0, 0.1) is 5.89 Å². The van der Waals surface area contributed by atoms with Crippen LogP contribution in [-0.2, 0) is 9.31 Å². The lowest BCUT2D eigenvalue weighted by Crippen LogP contribution is -2.41. The van der Waals surface area contributed by atoms with Gasteiger partial charge in [-0.25, -0.2) is 4.98 Å². The molecule has 0 aliphatic carbocycles. The van der Waals surface area contributed by atoms with Gasteiger partial charge in [0.1, 0.15) is 5.82 Å². The molecule has 0 amide bonds. The molecule has 1 aromatic heterocycles. The summed E-state index contributed by atoms with van der Waals surface area (Å²) in [5.74, 6) is -4.99. The first-order valence-corrected chi connectivity index (χ1v) is 6.73. The zero-order valence-electron chi connectivity index (χ0n) is 26.7. The molecule has 1 aromatic rings. The number of piperidine rings is 1. The molecule has 3 heterocycles. The number of aromatic nitrogens is 2. The topological polar surface area (TPSA) is 47.5 Å². The van der Waals surface area contributed by atoms with Gasteiger partial charge in [-0.2, -0.15) is 0 Å². The third-order valence-corrected chi connectivity index (χ3v) is 3.82. The minimum Gasteiger partial charge on any atom is -0.398 e. The molecule has 2 aliphatic rings. The van der Waals surface area contributed by atoms with E-state index in [4.69, 9.17) is 28.5 Å². The summed E-state index contributed by atoms with van der Waals surface area (Å²) in [4.78, 5) is 7.39. The predicted octanol–water partition coefficient (Wildman–Crippen LogP) is 2.01. The molecule has 1 unspecified atom stereocenters. The fourth-order valence-electron chi connectivity index (χ4n) is 1.85. The van der Waals surface area contributed by atoms with E-state index in [1.807, 2.05) is 0 Å². The number of anilines is 1. The molecule has 3 rings (SSSR count). The zero-order chi connectivity index (χ0) is 28.3. The van der Waals surface area contributed by atoms with Crippen LogP contribution in [0.1, 0.15) is 66.5 Å². The van der Waals surface area contributed by atoms with Crippen molar-refractivity contribution < 1.29 is 28.5 Å². The third kappa shape index (κ3) is 2.86. The van der Waals surface area contributed by atoms with E-state index in [1.54, 1.807) is 27.7 Å². The SMILES string of the molecule is [2H]c1nc(N2C([2H])([2H])C([2H])([2H])C([2H])([2H])C([2H])(C([2H])([2H])[2H])C2([2H])[2H])c([2H])nc1B1OC(C)(C)C(C)(C)O1. The van der Waals surface area contributed by atoms with Crippen LogP contribution in [0.25, 0.3) is 0 Å². The highest BCUT2D eigenvalue weighted by molar-refractivity contribution is 6.61. The lowest BCUT2D eigenvalue weighted by molar-refractivity contribution is 0.00578. The maximum Gasteiger partial charge on any atom is 0.516 e. The monoisotopic (exact) mass is 317 g/mol. The average molecular weight is 317 g/mol. The quantitative estimate of drug-likeness (QED) is 0.781.